The lowest BCUT2D eigenvalue weighted by molar-refractivity contribution is 0.354. The van der Waals surface area contributed by atoms with Gasteiger partial charge in [-0.25, -0.2) is 0 Å². The van der Waals surface area contributed by atoms with Gasteiger partial charge >= 0.3 is 0 Å². The number of nitrogens with one attached hydrogen (secondary N) is 1. The van der Waals surface area contributed by atoms with Crippen LogP contribution < -0.4 is 19.6 Å². The van der Waals surface area contributed by atoms with Crippen LogP contribution in [-0.2, 0) is 6.54 Å². The summed E-state index contributed by atoms with van der Waals surface area (Å²) in [4.78, 5) is 0. The third-order valence-corrected chi connectivity index (χ3v) is 3.76. The Balaban J connectivity index is 2.10. The van der Waals surface area contributed by atoms with Crippen LogP contribution in [0.1, 0.15) is 18.1 Å². The van der Waals surface area contributed by atoms with E-state index in [2.05, 4.69) is 10.5 Å². The Morgan fingerprint density at radius 3 is 2.29 bits per heavy atom. The minimum Gasteiger partial charge on any atom is -0.496 e. The number of ether oxygens (including phenoxy) is 3. The van der Waals surface area contributed by atoms with Gasteiger partial charge in [-0.1, -0.05) is 17.7 Å². The van der Waals surface area contributed by atoms with Gasteiger partial charge in [0, 0.05) is 10.6 Å². The fourth-order valence-corrected chi connectivity index (χ4v) is 2.44. The maximum Gasteiger partial charge on any atom is 0.161 e. The van der Waals surface area contributed by atoms with Gasteiger partial charge in [-0.05, 0) is 42.8 Å². The van der Waals surface area contributed by atoms with Crippen molar-refractivity contribution in [1.82, 2.24) is 5.43 Å². The molecule has 2 rings (SSSR count). The Morgan fingerprint density at radius 2 is 1.62 bits per heavy atom. The summed E-state index contributed by atoms with van der Waals surface area (Å²) in [5.41, 5.74) is 5.72. The molecule has 0 spiro atoms. The molecule has 1 N–H and O–H groups in total. The Bertz CT molecular complexity index is 732. The van der Waals surface area contributed by atoms with Crippen LogP contribution in [-0.4, -0.2) is 27.0 Å². The van der Waals surface area contributed by atoms with Gasteiger partial charge in [-0.15, -0.1) is 0 Å². The molecule has 0 aromatic heterocycles. The molecule has 0 bridgehead atoms. The van der Waals surface area contributed by atoms with Crippen LogP contribution in [0.25, 0.3) is 0 Å². The Labute approximate surface area is 147 Å². The molecule has 24 heavy (non-hydrogen) atoms. The summed E-state index contributed by atoms with van der Waals surface area (Å²) in [7, 11) is 4.85. The van der Waals surface area contributed by atoms with Crippen molar-refractivity contribution >= 4 is 17.3 Å². The second-order valence-electron chi connectivity index (χ2n) is 5.07. The van der Waals surface area contributed by atoms with Crippen LogP contribution in [0.2, 0.25) is 5.02 Å². The molecule has 0 aliphatic carbocycles. The first-order valence-corrected chi connectivity index (χ1v) is 7.78. The third-order valence-electron chi connectivity index (χ3n) is 3.53. The first-order valence-electron chi connectivity index (χ1n) is 7.41. The molecule has 0 radical (unpaired) electrons. The summed E-state index contributed by atoms with van der Waals surface area (Å²) in [6, 6.07) is 11.2. The fraction of sp³-hybridized carbons (Fsp3) is 0.278. The summed E-state index contributed by atoms with van der Waals surface area (Å²) in [5.74, 6) is 2.12. The average molecular weight is 349 g/mol. The number of halogens is 1. The first kappa shape index (κ1) is 17.9. The van der Waals surface area contributed by atoms with Crippen molar-refractivity contribution in [3.8, 4) is 17.2 Å². The zero-order valence-electron chi connectivity index (χ0n) is 14.2. The zero-order valence-corrected chi connectivity index (χ0v) is 15.0. The van der Waals surface area contributed by atoms with Crippen LogP contribution in [0, 0.1) is 0 Å². The van der Waals surface area contributed by atoms with E-state index in [0.717, 1.165) is 22.6 Å². The van der Waals surface area contributed by atoms with Crippen LogP contribution in [0.4, 0.5) is 0 Å². The quantitative estimate of drug-likeness (QED) is 0.609. The molecule has 0 aliphatic rings. The van der Waals surface area contributed by atoms with Crippen LogP contribution in [0.3, 0.4) is 0 Å². The average Bonchev–Trinajstić information content (AvgIpc) is 2.61. The summed E-state index contributed by atoms with van der Waals surface area (Å²) < 4.78 is 15.9. The first-order chi connectivity index (χ1) is 11.6. The number of hydrazone groups is 1. The van der Waals surface area contributed by atoms with Crippen molar-refractivity contribution in [3.05, 3.63) is 52.5 Å². The Morgan fingerprint density at radius 1 is 0.958 bits per heavy atom. The zero-order chi connectivity index (χ0) is 17.5. The van der Waals surface area contributed by atoms with E-state index in [1.807, 2.05) is 37.3 Å². The van der Waals surface area contributed by atoms with Crippen molar-refractivity contribution in [2.24, 2.45) is 5.10 Å². The van der Waals surface area contributed by atoms with Crippen molar-refractivity contribution in [2.45, 2.75) is 13.5 Å². The lowest BCUT2D eigenvalue weighted by atomic mass is 10.1. The van der Waals surface area contributed by atoms with E-state index in [0.29, 0.717) is 23.1 Å². The number of hydrogen-bond donors (Lipinski definition) is 1. The molecule has 0 atom stereocenters. The van der Waals surface area contributed by atoms with Crippen molar-refractivity contribution in [3.63, 3.8) is 0 Å². The van der Waals surface area contributed by atoms with E-state index < -0.39 is 0 Å². The minimum absolute atomic E-state index is 0.556. The molecule has 5 nitrogen and oxygen atoms in total. The van der Waals surface area contributed by atoms with E-state index in [-0.39, 0.29) is 0 Å². The highest BCUT2D eigenvalue weighted by Gasteiger charge is 2.08. The third kappa shape index (κ3) is 4.32. The molecule has 6 heteroatoms. The van der Waals surface area contributed by atoms with Gasteiger partial charge in [0.25, 0.3) is 0 Å². The van der Waals surface area contributed by atoms with E-state index >= 15 is 0 Å². The van der Waals surface area contributed by atoms with Crippen LogP contribution in [0.15, 0.2) is 41.5 Å². The highest BCUT2D eigenvalue weighted by Crippen LogP contribution is 2.27. The topological polar surface area (TPSA) is 52.1 Å². The number of benzene rings is 2. The maximum atomic E-state index is 6.05. The monoisotopic (exact) mass is 348 g/mol. The van der Waals surface area contributed by atoms with Crippen LogP contribution in [0.5, 0.6) is 17.2 Å². The predicted molar refractivity (Wildman–Crippen MR) is 96.6 cm³/mol. The van der Waals surface area contributed by atoms with E-state index in [1.165, 1.54) is 0 Å². The van der Waals surface area contributed by atoms with Gasteiger partial charge in [0.2, 0.25) is 0 Å². The molecular weight excluding hydrogens is 328 g/mol. The lowest BCUT2D eigenvalue weighted by Crippen LogP contribution is -2.10. The molecule has 2 aromatic carbocycles. The largest absolute Gasteiger partial charge is 0.496 e. The second-order valence-corrected chi connectivity index (χ2v) is 5.50. The summed E-state index contributed by atoms with van der Waals surface area (Å²) in [6.45, 7) is 2.45. The van der Waals surface area contributed by atoms with Crippen molar-refractivity contribution in [1.29, 1.82) is 0 Å². The highest BCUT2D eigenvalue weighted by molar-refractivity contribution is 6.31. The summed E-state index contributed by atoms with van der Waals surface area (Å²) in [5, 5.41) is 5.03. The van der Waals surface area contributed by atoms with Gasteiger partial charge in [-0.3, -0.25) is 0 Å². The smallest absolute Gasteiger partial charge is 0.161 e. The fourth-order valence-electron chi connectivity index (χ4n) is 2.26. The predicted octanol–water partition coefficient (Wildman–Crippen LogP) is 3.88. The van der Waals surface area contributed by atoms with Gasteiger partial charge in [-0.2, -0.15) is 5.10 Å². The van der Waals surface area contributed by atoms with Crippen molar-refractivity contribution in [2.75, 3.05) is 21.3 Å². The Hall–Kier alpha value is -2.40. The van der Waals surface area contributed by atoms with Gasteiger partial charge < -0.3 is 19.6 Å². The number of hydrogen-bond acceptors (Lipinski definition) is 5. The molecule has 0 aliphatic heterocycles. The standard InChI is InChI=1S/C18H21ClN2O3/c1-12(15-10-14(19)6-8-16(15)22-2)21-20-11-13-5-7-17(23-3)18(9-13)24-4/h5-10,20H,11H2,1-4H3/b21-12-. The van der Waals surface area contributed by atoms with Gasteiger partial charge in [0.15, 0.2) is 11.5 Å². The second kappa shape index (κ2) is 8.45. The Kier molecular flexibility index (Phi) is 6.32. The number of rotatable bonds is 7. The van der Waals surface area contributed by atoms with Crippen molar-refractivity contribution < 1.29 is 14.2 Å². The molecule has 0 fully saturated rings. The molecule has 0 unspecified atom stereocenters. The van der Waals surface area contributed by atoms with Gasteiger partial charge in [0.05, 0.1) is 33.6 Å². The van der Waals surface area contributed by atoms with Gasteiger partial charge in [0.1, 0.15) is 5.75 Å². The molecular formula is C18H21ClN2O3. The van der Waals surface area contributed by atoms with Crippen LogP contribution >= 0.6 is 11.6 Å². The molecule has 0 saturated carbocycles. The van der Waals surface area contributed by atoms with E-state index in [4.69, 9.17) is 25.8 Å². The number of methoxy groups -OCH3 is 3. The van der Waals surface area contributed by atoms with E-state index in [1.54, 1.807) is 27.4 Å². The highest BCUT2D eigenvalue weighted by atomic mass is 35.5. The molecule has 0 saturated heterocycles. The normalized spacial score (nSPS) is 11.1. The molecule has 2 aromatic rings. The van der Waals surface area contributed by atoms with E-state index in [9.17, 15) is 0 Å². The summed E-state index contributed by atoms with van der Waals surface area (Å²) >= 11 is 6.05. The molecule has 128 valence electrons. The molecule has 0 heterocycles. The SMILES string of the molecule is COc1ccc(CN/N=C(/C)c2cc(Cl)ccc2OC)cc1OC. The summed E-state index contributed by atoms with van der Waals surface area (Å²) in [6.07, 6.45) is 0. The molecule has 0 amide bonds. The number of nitrogens with zero attached hydrogens (tertiary/aromatic N) is 1. The maximum absolute atomic E-state index is 6.05. The lowest BCUT2D eigenvalue weighted by Gasteiger charge is -2.11. The minimum atomic E-state index is 0.556.